The van der Waals surface area contributed by atoms with E-state index >= 15 is 0 Å². The first-order valence-electron chi connectivity index (χ1n) is 9.94. The first-order valence-corrected chi connectivity index (χ1v) is 9.94. The van der Waals surface area contributed by atoms with Crippen LogP contribution >= 0.6 is 0 Å². The molecular formula is C20H42O2. The summed E-state index contributed by atoms with van der Waals surface area (Å²) in [6.45, 7) is 13.0. The molecule has 0 aliphatic heterocycles. The van der Waals surface area contributed by atoms with Crippen molar-refractivity contribution in [1.29, 1.82) is 0 Å². The zero-order chi connectivity index (χ0) is 16.6. The number of hydrogen-bond donors (Lipinski definition) is 0. The van der Waals surface area contributed by atoms with E-state index in [1.54, 1.807) is 0 Å². The van der Waals surface area contributed by atoms with Gasteiger partial charge < -0.3 is 9.47 Å². The van der Waals surface area contributed by atoms with Crippen LogP contribution in [0, 0.1) is 11.8 Å². The van der Waals surface area contributed by atoms with Gasteiger partial charge in [-0.2, -0.15) is 0 Å². The summed E-state index contributed by atoms with van der Waals surface area (Å²) in [4.78, 5) is 0. The molecule has 0 spiro atoms. The van der Waals surface area contributed by atoms with Crippen LogP contribution in [0.3, 0.4) is 0 Å². The van der Waals surface area contributed by atoms with Gasteiger partial charge in [-0.15, -0.1) is 0 Å². The summed E-state index contributed by atoms with van der Waals surface area (Å²) in [5.41, 5.74) is 0. The van der Waals surface area contributed by atoms with E-state index in [1.165, 1.54) is 51.4 Å². The molecule has 0 radical (unpaired) electrons. The van der Waals surface area contributed by atoms with Crippen LogP contribution in [0.1, 0.15) is 98.8 Å². The Morgan fingerprint density at radius 2 is 0.818 bits per heavy atom. The Morgan fingerprint density at radius 1 is 0.500 bits per heavy atom. The van der Waals surface area contributed by atoms with Crippen LogP contribution in [0.2, 0.25) is 0 Å². The number of hydrogen-bond acceptors (Lipinski definition) is 2. The van der Waals surface area contributed by atoms with Gasteiger partial charge in [0.15, 0.2) is 6.29 Å². The molecule has 0 aromatic carbocycles. The molecular weight excluding hydrogens is 272 g/mol. The standard InChI is InChI=1S/C20H42O2/c1-6-11-18(12-7-2)16-21-20(15-10-5)22-17-19(13-8-3)14-9-4/h18-20H,6-17H2,1-5H3. The van der Waals surface area contributed by atoms with Crippen LogP contribution in [-0.4, -0.2) is 19.5 Å². The zero-order valence-corrected chi connectivity index (χ0v) is 16.0. The van der Waals surface area contributed by atoms with Crippen LogP contribution in [0.25, 0.3) is 0 Å². The molecule has 0 rings (SSSR count). The fourth-order valence-electron chi connectivity index (χ4n) is 3.19. The van der Waals surface area contributed by atoms with Gasteiger partial charge in [0.2, 0.25) is 0 Å². The summed E-state index contributed by atoms with van der Waals surface area (Å²) in [6.07, 6.45) is 12.3. The van der Waals surface area contributed by atoms with Gasteiger partial charge in [0, 0.05) is 0 Å². The van der Waals surface area contributed by atoms with E-state index < -0.39 is 0 Å². The molecule has 22 heavy (non-hydrogen) atoms. The molecule has 2 heteroatoms. The fraction of sp³-hybridized carbons (Fsp3) is 1.00. The maximum atomic E-state index is 6.13. The van der Waals surface area contributed by atoms with E-state index in [1.807, 2.05) is 0 Å². The minimum Gasteiger partial charge on any atom is -0.352 e. The molecule has 0 aromatic heterocycles. The lowest BCUT2D eigenvalue weighted by atomic mass is 9.99. The predicted octanol–water partition coefficient (Wildman–Crippen LogP) is 6.58. The minimum absolute atomic E-state index is 0.0115. The van der Waals surface area contributed by atoms with Crippen LogP contribution in [-0.2, 0) is 9.47 Å². The SMILES string of the molecule is CCCC(CCC)COC(CCC)OCC(CCC)CCC. The number of ether oxygens (including phenoxy) is 2. The Kier molecular flexibility index (Phi) is 15.7. The third-order valence-electron chi connectivity index (χ3n) is 4.35. The van der Waals surface area contributed by atoms with Crippen LogP contribution in [0.15, 0.2) is 0 Å². The molecule has 134 valence electrons. The van der Waals surface area contributed by atoms with E-state index in [0.29, 0.717) is 11.8 Å². The van der Waals surface area contributed by atoms with Crippen LogP contribution in [0.5, 0.6) is 0 Å². The molecule has 0 heterocycles. The second-order valence-electron chi connectivity index (χ2n) is 6.77. The van der Waals surface area contributed by atoms with E-state index in [2.05, 4.69) is 34.6 Å². The molecule has 0 saturated carbocycles. The van der Waals surface area contributed by atoms with Crippen molar-refractivity contribution in [3.63, 3.8) is 0 Å². The predicted molar refractivity (Wildman–Crippen MR) is 97.2 cm³/mol. The molecule has 0 amide bonds. The maximum absolute atomic E-state index is 6.13. The summed E-state index contributed by atoms with van der Waals surface area (Å²) >= 11 is 0. The average molecular weight is 315 g/mol. The highest BCUT2D eigenvalue weighted by molar-refractivity contribution is 4.60. The smallest absolute Gasteiger partial charge is 0.157 e. The molecule has 0 bridgehead atoms. The normalized spacial score (nSPS) is 12.0. The van der Waals surface area contributed by atoms with Crippen molar-refractivity contribution in [1.82, 2.24) is 0 Å². The molecule has 0 unspecified atom stereocenters. The minimum atomic E-state index is 0.0115. The molecule has 0 fully saturated rings. The molecule has 2 nitrogen and oxygen atoms in total. The first kappa shape index (κ1) is 21.9. The van der Waals surface area contributed by atoms with Gasteiger partial charge >= 0.3 is 0 Å². The van der Waals surface area contributed by atoms with E-state index in [4.69, 9.17) is 9.47 Å². The summed E-state index contributed by atoms with van der Waals surface area (Å²) < 4.78 is 12.3. The van der Waals surface area contributed by atoms with E-state index in [9.17, 15) is 0 Å². The van der Waals surface area contributed by atoms with Crippen molar-refractivity contribution in [3.05, 3.63) is 0 Å². The Bertz CT molecular complexity index is 186. The highest BCUT2D eigenvalue weighted by atomic mass is 16.7. The van der Waals surface area contributed by atoms with Crippen LogP contribution in [0.4, 0.5) is 0 Å². The monoisotopic (exact) mass is 314 g/mol. The lowest BCUT2D eigenvalue weighted by Gasteiger charge is -2.24. The Balaban J connectivity index is 4.21. The van der Waals surface area contributed by atoms with Gasteiger partial charge in [-0.1, -0.05) is 66.7 Å². The fourth-order valence-corrected chi connectivity index (χ4v) is 3.19. The Hall–Kier alpha value is -0.0800. The summed E-state index contributed by atoms with van der Waals surface area (Å²) in [7, 11) is 0. The van der Waals surface area contributed by atoms with Gasteiger partial charge in [-0.3, -0.25) is 0 Å². The van der Waals surface area contributed by atoms with E-state index in [0.717, 1.165) is 26.1 Å². The summed E-state index contributed by atoms with van der Waals surface area (Å²) in [6, 6.07) is 0. The van der Waals surface area contributed by atoms with Gasteiger partial charge in [-0.25, -0.2) is 0 Å². The molecule has 0 atom stereocenters. The third kappa shape index (κ3) is 11.5. The largest absolute Gasteiger partial charge is 0.352 e. The molecule has 0 N–H and O–H groups in total. The molecule has 0 saturated heterocycles. The summed E-state index contributed by atoms with van der Waals surface area (Å²) in [5, 5.41) is 0. The Labute approximate surface area is 140 Å². The van der Waals surface area contributed by atoms with Gasteiger partial charge in [0.25, 0.3) is 0 Å². The van der Waals surface area contributed by atoms with Crippen molar-refractivity contribution in [2.75, 3.05) is 13.2 Å². The van der Waals surface area contributed by atoms with E-state index in [-0.39, 0.29) is 6.29 Å². The van der Waals surface area contributed by atoms with Gasteiger partial charge in [0.1, 0.15) is 0 Å². The third-order valence-corrected chi connectivity index (χ3v) is 4.35. The Morgan fingerprint density at radius 3 is 1.09 bits per heavy atom. The highest BCUT2D eigenvalue weighted by Gasteiger charge is 2.15. The van der Waals surface area contributed by atoms with Crippen LogP contribution < -0.4 is 0 Å². The average Bonchev–Trinajstić information content (AvgIpc) is 2.50. The second-order valence-corrected chi connectivity index (χ2v) is 6.77. The second kappa shape index (κ2) is 15.8. The zero-order valence-electron chi connectivity index (χ0n) is 16.0. The van der Waals surface area contributed by atoms with Crippen molar-refractivity contribution in [2.45, 2.75) is 105 Å². The van der Waals surface area contributed by atoms with Gasteiger partial charge in [-0.05, 0) is 43.9 Å². The lowest BCUT2D eigenvalue weighted by Crippen LogP contribution is -2.24. The van der Waals surface area contributed by atoms with Crippen molar-refractivity contribution in [2.24, 2.45) is 11.8 Å². The van der Waals surface area contributed by atoms with Crippen molar-refractivity contribution < 1.29 is 9.47 Å². The lowest BCUT2D eigenvalue weighted by molar-refractivity contribution is -0.162. The topological polar surface area (TPSA) is 18.5 Å². The van der Waals surface area contributed by atoms with Crippen molar-refractivity contribution in [3.8, 4) is 0 Å². The molecule has 0 aromatic rings. The van der Waals surface area contributed by atoms with Gasteiger partial charge in [0.05, 0.1) is 13.2 Å². The van der Waals surface area contributed by atoms with Crippen molar-refractivity contribution >= 4 is 0 Å². The molecule has 0 aliphatic carbocycles. The summed E-state index contributed by atoms with van der Waals surface area (Å²) in [5.74, 6) is 1.42. The molecule has 0 aliphatic rings. The number of rotatable bonds is 16. The maximum Gasteiger partial charge on any atom is 0.157 e. The highest BCUT2D eigenvalue weighted by Crippen LogP contribution is 2.19. The quantitative estimate of drug-likeness (QED) is 0.300. The first-order chi connectivity index (χ1) is 10.7.